The molecule has 2 aliphatic rings. The summed E-state index contributed by atoms with van der Waals surface area (Å²) in [7, 11) is 0. The third-order valence-corrected chi connectivity index (χ3v) is 5.06. The van der Waals surface area contributed by atoms with Gasteiger partial charge in [0.05, 0.1) is 5.92 Å². The number of nitrogens with one attached hydrogen (secondary N) is 2. The summed E-state index contributed by atoms with van der Waals surface area (Å²) < 4.78 is 37.8. The largest absolute Gasteiger partial charge is 0.391 e. The van der Waals surface area contributed by atoms with Crippen molar-refractivity contribution in [2.24, 2.45) is 17.3 Å². The number of rotatable bonds is 3. The molecule has 1 amide bonds. The molecule has 2 fully saturated rings. The van der Waals surface area contributed by atoms with Gasteiger partial charge in [-0.3, -0.25) is 4.79 Å². The highest BCUT2D eigenvalue weighted by Gasteiger charge is 2.42. The van der Waals surface area contributed by atoms with E-state index in [0.717, 1.165) is 25.9 Å². The van der Waals surface area contributed by atoms with Gasteiger partial charge in [0.1, 0.15) is 0 Å². The third kappa shape index (κ3) is 4.59. The van der Waals surface area contributed by atoms with Crippen LogP contribution in [0.5, 0.6) is 0 Å². The van der Waals surface area contributed by atoms with Crippen molar-refractivity contribution < 1.29 is 18.0 Å². The monoisotopic (exact) mass is 306 g/mol. The Bertz CT molecular complexity index is 356. The number of carbonyl (C=O) groups excluding carboxylic acids is 1. The van der Waals surface area contributed by atoms with Gasteiger partial charge in [0.15, 0.2) is 0 Å². The van der Waals surface area contributed by atoms with Crippen molar-refractivity contribution in [1.29, 1.82) is 0 Å². The van der Waals surface area contributed by atoms with Crippen molar-refractivity contribution in [3.05, 3.63) is 0 Å². The molecule has 1 aliphatic heterocycles. The summed E-state index contributed by atoms with van der Waals surface area (Å²) in [6.45, 7) is 4.72. The van der Waals surface area contributed by atoms with Gasteiger partial charge in [-0.05, 0) is 57.0 Å². The van der Waals surface area contributed by atoms with Crippen LogP contribution in [-0.2, 0) is 4.79 Å². The smallest absolute Gasteiger partial charge is 0.355 e. The Kier molecular flexibility index (Phi) is 5.17. The maximum absolute atomic E-state index is 12.6. The number of hydrogen-bond donors (Lipinski definition) is 2. The molecule has 3 nitrogen and oxygen atoms in total. The Labute approximate surface area is 124 Å². The Morgan fingerprint density at radius 2 is 1.76 bits per heavy atom. The molecule has 0 unspecified atom stereocenters. The highest BCUT2D eigenvalue weighted by atomic mass is 19.4. The summed E-state index contributed by atoms with van der Waals surface area (Å²) in [5.74, 6) is -1.52. The summed E-state index contributed by atoms with van der Waals surface area (Å²) in [4.78, 5) is 12.1. The number of hydrogen-bond acceptors (Lipinski definition) is 2. The van der Waals surface area contributed by atoms with Crippen LogP contribution in [0.2, 0.25) is 0 Å². The Morgan fingerprint density at radius 1 is 1.19 bits per heavy atom. The lowest BCUT2D eigenvalue weighted by Crippen LogP contribution is -2.45. The third-order valence-electron chi connectivity index (χ3n) is 5.06. The molecule has 1 saturated carbocycles. The first-order valence-corrected chi connectivity index (χ1v) is 7.85. The van der Waals surface area contributed by atoms with Crippen molar-refractivity contribution in [3.8, 4) is 0 Å². The van der Waals surface area contributed by atoms with Gasteiger partial charge in [-0.1, -0.05) is 6.92 Å². The molecule has 0 aromatic carbocycles. The predicted octanol–water partition coefficient (Wildman–Crippen LogP) is 2.86. The summed E-state index contributed by atoms with van der Waals surface area (Å²) in [6.07, 6.45) is -1.18. The maximum Gasteiger partial charge on any atom is 0.391 e. The molecule has 0 aromatic rings. The van der Waals surface area contributed by atoms with Gasteiger partial charge in [0, 0.05) is 12.5 Å². The minimum atomic E-state index is -4.11. The highest BCUT2D eigenvalue weighted by molar-refractivity contribution is 5.78. The van der Waals surface area contributed by atoms with E-state index in [1.807, 2.05) is 0 Å². The standard InChI is InChI=1S/C15H25F3N2O/c1-14(6-8-19-9-7-14)10-20-13(21)11-2-4-12(5-3-11)15(16,17)18/h11-12,19H,2-10H2,1H3,(H,20,21). The van der Waals surface area contributed by atoms with E-state index in [1.54, 1.807) is 0 Å². The van der Waals surface area contributed by atoms with Crippen LogP contribution in [0.3, 0.4) is 0 Å². The minimum absolute atomic E-state index is 0.0598. The Morgan fingerprint density at radius 3 is 2.29 bits per heavy atom. The molecule has 1 aliphatic carbocycles. The van der Waals surface area contributed by atoms with E-state index >= 15 is 0 Å². The molecule has 1 heterocycles. The summed E-state index contributed by atoms with van der Waals surface area (Å²) in [6, 6.07) is 0. The molecule has 0 spiro atoms. The predicted molar refractivity (Wildman–Crippen MR) is 74.7 cm³/mol. The van der Waals surface area contributed by atoms with E-state index in [9.17, 15) is 18.0 Å². The Hall–Kier alpha value is -0.780. The molecular formula is C15H25F3N2O. The second-order valence-corrected chi connectivity index (χ2v) is 6.87. The normalized spacial score (nSPS) is 29.9. The number of piperidine rings is 1. The lowest BCUT2D eigenvalue weighted by Gasteiger charge is -2.35. The van der Waals surface area contributed by atoms with Gasteiger partial charge in [0.25, 0.3) is 0 Å². The zero-order chi connectivity index (χ0) is 15.5. The second-order valence-electron chi connectivity index (χ2n) is 6.87. The molecule has 2 rings (SSSR count). The number of carbonyl (C=O) groups is 1. The fourth-order valence-electron chi connectivity index (χ4n) is 3.33. The number of alkyl halides is 3. The zero-order valence-electron chi connectivity index (χ0n) is 12.6. The SMILES string of the molecule is CC1(CNC(=O)C2CCC(C(F)(F)F)CC2)CCNCC1. The molecule has 1 saturated heterocycles. The molecule has 6 heteroatoms. The van der Waals surface area contributed by atoms with Gasteiger partial charge in [0.2, 0.25) is 5.91 Å². The van der Waals surface area contributed by atoms with Gasteiger partial charge in [-0.15, -0.1) is 0 Å². The average Bonchev–Trinajstić information content (AvgIpc) is 2.45. The topological polar surface area (TPSA) is 41.1 Å². The van der Waals surface area contributed by atoms with Gasteiger partial charge < -0.3 is 10.6 Å². The Balaban J connectivity index is 1.75. The van der Waals surface area contributed by atoms with Crippen LogP contribution in [0.4, 0.5) is 13.2 Å². The molecule has 2 N–H and O–H groups in total. The highest BCUT2D eigenvalue weighted by Crippen LogP contribution is 2.39. The van der Waals surface area contributed by atoms with Crippen LogP contribution in [0, 0.1) is 17.3 Å². The van der Waals surface area contributed by atoms with Gasteiger partial charge in [-0.25, -0.2) is 0 Å². The van der Waals surface area contributed by atoms with Crippen molar-refractivity contribution >= 4 is 5.91 Å². The molecule has 0 atom stereocenters. The van der Waals surface area contributed by atoms with E-state index in [0.29, 0.717) is 19.4 Å². The average molecular weight is 306 g/mol. The van der Waals surface area contributed by atoms with E-state index in [4.69, 9.17) is 0 Å². The number of amides is 1. The van der Waals surface area contributed by atoms with E-state index in [-0.39, 0.29) is 30.1 Å². The zero-order valence-corrected chi connectivity index (χ0v) is 12.6. The van der Waals surface area contributed by atoms with Crippen molar-refractivity contribution in [2.75, 3.05) is 19.6 Å². The van der Waals surface area contributed by atoms with Crippen LogP contribution in [0.1, 0.15) is 45.4 Å². The number of halogens is 3. The minimum Gasteiger partial charge on any atom is -0.355 e. The van der Waals surface area contributed by atoms with E-state index < -0.39 is 12.1 Å². The second kappa shape index (κ2) is 6.55. The molecule has 0 radical (unpaired) electrons. The van der Waals surface area contributed by atoms with Crippen LogP contribution in [-0.4, -0.2) is 31.7 Å². The quantitative estimate of drug-likeness (QED) is 0.842. The lowest BCUT2D eigenvalue weighted by molar-refractivity contribution is -0.184. The lowest BCUT2D eigenvalue weighted by atomic mass is 9.79. The first-order chi connectivity index (χ1) is 9.80. The van der Waals surface area contributed by atoms with E-state index in [1.165, 1.54) is 0 Å². The van der Waals surface area contributed by atoms with Crippen LogP contribution < -0.4 is 10.6 Å². The van der Waals surface area contributed by atoms with Crippen LogP contribution in [0.25, 0.3) is 0 Å². The fraction of sp³-hybridized carbons (Fsp3) is 0.933. The van der Waals surface area contributed by atoms with Gasteiger partial charge in [-0.2, -0.15) is 13.2 Å². The van der Waals surface area contributed by atoms with Gasteiger partial charge >= 0.3 is 6.18 Å². The first kappa shape index (κ1) is 16.6. The van der Waals surface area contributed by atoms with Crippen molar-refractivity contribution in [2.45, 2.75) is 51.6 Å². The molecule has 122 valence electrons. The van der Waals surface area contributed by atoms with Crippen LogP contribution >= 0.6 is 0 Å². The summed E-state index contributed by atoms with van der Waals surface area (Å²) in [5.41, 5.74) is 0.115. The molecule has 0 aromatic heterocycles. The first-order valence-electron chi connectivity index (χ1n) is 7.85. The molecule has 0 bridgehead atoms. The van der Waals surface area contributed by atoms with Crippen molar-refractivity contribution in [3.63, 3.8) is 0 Å². The molecular weight excluding hydrogens is 281 g/mol. The maximum atomic E-state index is 12.6. The summed E-state index contributed by atoms with van der Waals surface area (Å²) in [5, 5.41) is 6.26. The fourth-order valence-corrected chi connectivity index (χ4v) is 3.33. The van der Waals surface area contributed by atoms with Crippen molar-refractivity contribution in [1.82, 2.24) is 10.6 Å². The van der Waals surface area contributed by atoms with E-state index in [2.05, 4.69) is 17.6 Å². The summed E-state index contributed by atoms with van der Waals surface area (Å²) >= 11 is 0. The van der Waals surface area contributed by atoms with Crippen LogP contribution in [0.15, 0.2) is 0 Å². The molecule has 21 heavy (non-hydrogen) atoms.